The Kier molecular flexibility index (Phi) is 27.3. The Morgan fingerprint density at radius 2 is 1.84 bits per heavy atom. The maximum atomic E-state index is 8.74. The van der Waals surface area contributed by atoms with E-state index >= 15 is 0 Å². The van der Waals surface area contributed by atoms with Crippen molar-refractivity contribution in [2.45, 2.75) is 32.2 Å². The third-order valence-corrected chi connectivity index (χ3v) is 2.28. The van der Waals surface area contributed by atoms with Crippen LogP contribution in [0.4, 0.5) is 0 Å². The molecule has 6 heteroatoms. The molecule has 0 atom stereocenters. The predicted molar refractivity (Wildman–Crippen MR) is 101 cm³/mol. The molecule has 0 aromatic carbocycles. The zero-order valence-electron chi connectivity index (χ0n) is 10.7. The number of rotatable bonds is 6. The average Bonchev–Trinajstić information content (AvgIpc) is 2.27. The van der Waals surface area contributed by atoms with Gasteiger partial charge in [-0.25, -0.2) is 4.57 Å². The lowest BCUT2D eigenvalue weighted by atomic mass is 10.1. The van der Waals surface area contributed by atoms with Gasteiger partial charge in [-0.1, -0.05) is 0 Å². The van der Waals surface area contributed by atoms with Crippen LogP contribution in [0.5, 0.6) is 0 Å². The number of hydrogen-bond acceptors (Lipinski definition) is 1. The number of nitrogens with zero attached hydrogens (tertiary/aromatic N) is 1. The van der Waals surface area contributed by atoms with Crippen molar-refractivity contribution in [2.75, 3.05) is 6.61 Å². The van der Waals surface area contributed by atoms with Gasteiger partial charge in [0.05, 0.1) is 0 Å². The van der Waals surface area contributed by atoms with Crippen LogP contribution in [0.3, 0.4) is 0 Å². The average molecular weight is 528 g/mol. The number of aryl methyl sites for hydroxylation is 2. The molecule has 1 rings (SSSR count). The fourth-order valence-electron chi connectivity index (χ4n) is 1.51. The van der Waals surface area contributed by atoms with Crippen LogP contribution in [-0.2, 0) is 13.0 Å². The molecule has 1 N–H and O–H groups in total. The monoisotopic (exact) mass is 524 g/mol. The summed E-state index contributed by atoms with van der Waals surface area (Å²) in [5.41, 5.74) is 1.27. The zero-order valence-corrected chi connectivity index (χ0v) is 17.5. The third-order valence-electron chi connectivity index (χ3n) is 2.28. The summed E-state index contributed by atoms with van der Waals surface area (Å²) < 4.78 is 2.16. The Labute approximate surface area is 158 Å². The van der Waals surface area contributed by atoms with Crippen molar-refractivity contribution in [3.63, 3.8) is 0 Å². The smallest absolute Gasteiger partial charge is 0.171 e. The molecular weight excluding hydrogens is 506 g/mol. The molecule has 0 aliphatic carbocycles. The fourth-order valence-corrected chi connectivity index (χ4v) is 1.51. The highest BCUT2D eigenvalue weighted by Gasteiger charge is 2.01. The van der Waals surface area contributed by atoms with E-state index in [0.29, 0.717) is 0 Å². The summed E-state index contributed by atoms with van der Waals surface area (Å²) in [4.78, 5) is 0. The molecule has 2 nitrogen and oxygen atoms in total. The van der Waals surface area contributed by atoms with Crippen LogP contribution in [0.2, 0.25) is 0 Å². The second-order valence-electron chi connectivity index (χ2n) is 3.58. The van der Waals surface area contributed by atoms with Crippen LogP contribution in [0, 0.1) is 12.3 Å². The van der Waals surface area contributed by atoms with Gasteiger partial charge >= 0.3 is 0 Å². The number of aliphatic hydroxyl groups is 1. The summed E-state index contributed by atoms with van der Waals surface area (Å²) in [5.74, 6) is 2.64. The molecule has 19 heavy (non-hydrogen) atoms. The Hall–Kier alpha value is 0.590. The normalized spacial score (nSPS) is 7.79. The molecular formula is C13H22Br4NO+. The number of hydrogen-bond donors (Lipinski definition) is 1. The van der Waals surface area contributed by atoms with Crippen molar-refractivity contribution < 1.29 is 9.67 Å². The van der Waals surface area contributed by atoms with E-state index < -0.39 is 0 Å². The van der Waals surface area contributed by atoms with Crippen LogP contribution in [0.1, 0.15) is 24.8 Å². The number of halogens is 4. The molecule has 112 valence electrons. The highest BCUT2D eigenvalue weighted by molar-refractivity contribution is 8.93. The predicted octanol–water partition coefficient (Wildman–Crippen LogP) is 3.62. The molecule has 0 spiro atoms. The molecule has 0 bridgehead atoms. The third kappa shape index (κ3) is 13.3. The molecule has 0 radical (unpaired) electrons. The maximum absolute atomic E-state index is 8.74. The van der Waals surface area contributed by atoms with Gasteiger partial charge in [0, 0.05) is 31.1 Å². The molecule has 1 aromatic rings. The number of terminal acetylenes is 1. The lowest BCUT2D eigenvalue weighted by Gasteiger charge is -1.99. The SMILES string of the molecule is Br.Br.Br.Br.C#CCCC[n+]1cccc(CCCO)c1. The molecule has 0 aliphatic rings. The van der Waals surface area contributed by atoms with E-state index in [1.807, 2.05) is 6.07 Å². The lowest BCUT2D eigenvalue weighted by molar-refractivity contribution is -0.697. The van der Waals surface area contributed by atoms with Crippen molar-refractivity contribution in [3.05, 3.63) is 30.1 Å². The van der Waals surface area contributed by atoms with E-state index in [4.69, 9.17) is 11.5 Å². The summed E-state index contributed by atoms with van der Waals surface area (Å²) >= 11 is 0. The van der Waals surface area contributed by atoms with Gasteiger partial charge < -0.3 is 5.11 Å². The van der Waals surface area contributed by atoms with E-state index in [2.05, 4.69) is 28.9 Å². The van der Waals surface area contributed by atoms with Gasteiger partial charge in [-0.05, 0) is 18.9 Å². The van der Waals surface area contributed by atoms with E-state index in [1.165, 1.54) is 5.56 Å². The van der Waals surface area contributed by atoms with Gasteiger partial charge in [-0.15, -0.1) is 80.3 Å². The Bertz CT molecular complexity index is 342. The first-order valence-corrected chi connectivity index (χ1v) is 5.39. The standard InChI is InChI=1S/C13H18NO.4BrH/c1-2-3-4-9-14-10-5-7-13(12-14)8-6-11-15;;;;/h1,5,7,10,12,15H,3-4,6,8-9,11H2;4*1H/q+1;;;;. The van der Waals surface area contributed by atoms with Crippen molar-refractivity contribution >= 4 is 67.9 Å². The maximum Gasteiger partial charge on any atom is 0.171 e. The minimum atomic E-state index is 0. The van der Waals surface area contributed by atoms with Gasteiger partial charge in [0.15, 0.2) is 12.4 Å². The highest BCUT2D eigenvalue weighted by Crippen LogP contribution is 1.99. The van der Waals surface area contributed by atoms with Crippen molar-refractivity contribution in [1.82, 2.24) is 0 Å². The van der Waals surface area contributed by atoms with Crippen LogP contribution < -0.4 is 4.57 Å². The van der Waals surface area contributed by atoms with Crippen LogP contribution >= 0.6 is 67.9 Å². The second-order valence-corrected chi connectivity index (χ2v) is 3.58. The molecule has 0 aliphatic heterocycles. The number of unbranched alkanes of at least 4 members (excludes halogenated alkanes) is 1. The number of aromatic nitrogens is 1. The van der Waals surface area contributed by atoms with E-state index in [1.54, 1.807) is 0 Å². The molecule has 0 fully saturated rings. The second kappa shape index (κ2) is 18.6. The van der Waals surface area contributed by atoms with Crippen LogP contribution in [0.15, 0.2) is 24.5 Å². The van der Waals surface area contributed by atoms with Crippen molar-refractivity contribution in [2.24, 2.45) is 0 Å². The Morgan fingerprint density at radius 3 is 2.42 bits per heavy atom. The van der Waals surface area contributed by atoms with Crippen LogP contribution in [0.25, 0.3) is 0 Å². The summed E-state index contributed by atoms with van der Waals surface area (Å²) in [7, 11) is 0. The molecule has 0 unspecified atom stereocenters. The lowest BCUT2D eigenvalue weighted by Crippen LogP contribution is -2.33. The molecule has 0 saturated carbocycles. The first-order valence-electron chi connectivity index (χ1n) is 5.39. The zero-order chi connectivity index (χ0) is 10.9. The van der Waals surface area contributed by atoms with E-state index in [0.717, 1.165) is 32.2 Å². The quantitative estimate of drug-likeness (QED) is 0.341. The Morgan fingerprint density at radius 1 is 1.16 bits per heavy atom. The van der Waals surface area contributed by atoms with Gasteiger partial charge in [0.1, 0.15) is 6.54 Å². The molecule has 0 amide bonds. The molecule has 0 saturated heterocycles. The summed E-state index contributed by atoms with van der Waals surface area (Å²) in [6, 6.07) is 4.13. The summed E-state index contributed by atoms with van der Waals surface area (Å²) in [6.07, 6.45) is 13.0. The fraction of sp³-hybridized carbons (Fsp3) is 0.462. The summed E-state index contributed by atoms with van der Waals surface area (Å²) in [5, 5.41) is 8.74. The van der Waals surface area contributed by atoms with Crippen molar-refractivity contribution in [3.8, 4) is 12.3 Å². The Balaban J connectivity index is -0.000000281. The topological polar surface area (TPSA) is 24.1 Å². The van der Waals surface area contributed by atoms with Crippen LogP contribution in [-0.4, -0.2) is 11.7 Å². The first kappa shape index (κ1) is 27.9. The first-order chi connectivity index (χ1) is 7.36. The molecule has 1 heterocycles. The number of pyridine rings is 1. The van der Waals surface area contributed by atoms with E-state index in [-0.39, 0.29) is 74.5 Å². The minimum Gasteiger partial charge on any atom is -0.396 e. The summed E-state index contributed by atoms with van der Waals surface area (Å²) in [6.45, 7) is 1.23. The van der Waals surface area contributed by atoms with Gasteiger partial charge in [-0.2, -0.15) is 0 Å². The van der Waals surface area contributed by atoms with Gasteiger partial charge in [0.2, 0.25) is 0 Å². The molecule has 1 aromatic heterocycles. The van der Waals surface area contributed by atoms with Gasteiger partial charge in [0.25, 0.3) is 0 Å². The highest BCUT2D eigenvalue weighted by atomic mass is 79.9. The van der Waals surface area contributed by atoms with Gasteiger partial charge in [-0.3, -0.25) is 0 Å². The van der Waals surface area contributed by atoms with Crippen molar-refractivity contribution in [1.29, 1.82) is 0 Å². The minimum absolute atomic E-state index is 0. The number of aliphatic hydroxyl groups excluding tert-OH is 1. The largest absolute Gasteiger partial charge is 0.396 e. The van der Waals surface area contributed by atoms with E-state index in [9.17, 15) is 0 Å².